The van der Waals surface area contributed by atoms with E-state index in [1.807, 2.05) is 36.4 Å². The Hall–Kier alpha value is -6.01. The first-order chi connectivity index (χ1) is 23.3. The van der Waals surface area contributed by atoms with Crippen LogP contribution in [0.3, 0.4) is 0 Å². The van der Waals surface area contributed by atoms with Gasteiger partial charge < -0.3 is 19.5 Å². The Kier molecular flexibility index (Phi) is 9.17. The normalized spacial score (nSPS) is 14.1. The van der Waals surface area contributed by atoms with E-state index in [2.05, 4.69) is 5.32 Å². The monoisotopic (exact) mass is 662 g/mol. The Labute approximate surface area is 278 Å². The van der Waals surface area contributed by atoms with Gasteiger partial charge in [-0.25, -0.2) is 4.99 Å². The number of hydrogen-bond acceptors (Lipinski definition) is 9. The number of hydrogen-bond donors (Lipinski definition) is 1. The van der Waals surface area contributed by atoms with Crippen molar-refractivity contribution in [3.05, 3.63) is 155 Å². The minimum absolute atomic E-state index is 0.0182. The smallest absolute Gasteiger partial charge is 0.271 e. The number of nitrogens with zero attached hydrogens (tertiary/aromatic N) is 3. The van der Waals surface area contributed by atoms with Crippen LogP contribution in [0.4, 0.5) is 11.4 Å². The van der Waals surface area contributed by atoms with Gasteiger partial charge in [-0.3, -0.25) is 24.3 Å². The molecule has 0 radical (unpaired) electrons. The molecule has 0 spiro atoms. The van der Waals surface area contributed by atoms with E-state index < -0.39 is 11.0 Å². The molecule has 48 heavy (non-hydrogen) atoms. The highest BCUT2D eigenvalue weighted by Crippen LogP contribution is 2.34. The number of carbonyl (C=O) groups excluding carboxylic acids is 1. The minimum atomic E-state index is -0.787. The lowest BCUT2D eigenvalue weighted by molar-refractivity contribution is -0.384. The van der Waals surface area contributed by atoms with Crippen molar-refractivity contribution < 1.29 is 23.9 Å². The topological polar surface area (TPSA) is 134 Å². The molecule has 1 aromatic heterocycles. The first-order valence-corrected chi connectivity index (χ1v) is 15.6. The maximum absolute atomic E-state index is 14.3. The molecule has 11 nitrogen and oxygen atoms in total. The summed E-state index contributed by atoms with van der Waals surface area (Å²) in [5, 5.41) is 14.0. The summed E-state index contributed by atoms with van der Waals surface area (Å²) >= 11 is 1.20. The number of para-hydroxylation sites is 2. The van der Waals surface area contributed by atoms with Crippen molar-refractivity contribution in [2.45, 2.75) is 19.6 Å². The summed E-state index contributed by atoms with van der Waals surface area (Å²) in [5.41, 5.74) is 3.05. The molecule has 0 aliphatic carbocycles. The van der Waals surface area contributed by atoms with Crippen LogP contribution in [0.2, 0.25) is 0 Å². The molecule has 1 aliphatic rings. The molecule has 0 bridgehead atoms. The average Bonchev–Trinajstić information content (AvgIpc) is 3.40. The van der Waals surface area contributed by atoms with E-state index >= 15 is 0 Å². The molecular formula is C36H30N4O7S. The van der Waals surface area contributed by atoms with E-state index in [1.165, 1.54) is 35.1 Å². The van der Waals surface area contributed by atoms with E-state index in [4.69, 9.17) is 19.2 Å². The van der Waals surface area contributed by atoms with Crippen molar-refractivity contribution in [3.63, 3.8) is 0 Å². The highest BCUT2D eigenvalue weighted by atomic mass is 32.1. The quantitative estimate of drug-likeness (QED) is 0.157. The third-order valence-electron chi connectivity index (χ3n) is 7.75. The number of fused-ring (bicyclic) bond motifs is 1. The number of anilines is 1. The molecule has 0 saturated carbocycles. The summed E-state index contributed by atoms with van der Waals surface area (Å²) < 4.78 is 19.1. The van der Waals surface area contributed by atoms with Crippen LogP contribution in [0.25, 0.3) is 6.08 Å². The van der Waals surface area contributed by atoms with Gasteiger partial charge in [-0.05, 0) is 66.6 Å². The first-order valence-electron chi connectivity index (χ1n) is 14.8. The lowest BCUT2D eigenvalue weighted by atomic mass is 9.95. The molecule has 1 atom stereocenters. The third kappa shape index (κ3) is 6.46. The fourth-order valence-corrected chi connectivity index (χ4v) is 6.47. The number of allylic oxidation sites excluding steroid dienone is 1. The van der Waals surface area contributed by atoms with Crippen molar-refractivity contribution in [3.8, 4) is 17.2 Å². The van der Waals surface area contributed by atoms with Crippen molar-refractivity contribution in [2.24, 2.45) is 4.99 Å². The van der Waals surface area contributed by atoms with Gasteiger partial charge in [-0.1, -0.05) is 53.8 Å². The standard InChI is InChI=1S/C36H30N4O7S/c1-22-31(34(41)38-26-11-5-4-6-12-26)32(24-9-7-13-28(19-24)45-2)39-35(42)30(48-36(39)37-22)20-25-10-8-14-29(46-3)33(25)47-21-23-15-17-27(18-16-23)40(43)44/h4-20,32H,21H2,1-3H3,(H,38,41)/b30-20-/t32-/m0/s1. The van der Waals surface area contributed by atoms with Gasteiger partial charge in [0.25, 0.3) is 17.2 Å². The summed E-state index contributed by atoms with van der Waals surface area (Å²) in [7, 11) is 3.08. The number of ether oxygens (including phenoxy) is 3. The lowest BCUT2D eigenvalue weighted by Gasteiger charge is -2.25. The molecule has 1 amide bonds. The highest BCUT2D eigenvalue weighted by molar-refractivity contribution is 7.07. The zero-order valence-electron chi connectivity index (χ0n) is 26.2. The second-order valence-electron chi connectivity index (χ2n) is 10.8. The van der Waals surface area contributed by atoms with Gasteiger partial charge in [-0.2, -0.15) is 0 Å². The minimum Gasteiger partial charge on any atom is -0.497 e. The number of thiazole rings is 1. The van der Waals surface area contributed by atoms with Crippen LogP contribution in [0.1, 0.15) is 29.7 Å². The molecule has 242 valence electrons. The molecule has 12 heteroatoms. The van der Waals surface area contributed by atoms with Gasteiger partial charge in [0, 0.05) is 23.4 Å². The summed E-state index contributed by atoms with van der Waals surface area (Å²) in [5.74, 6) is 1.05. The Morgan fingerprint density at radius 3 is 2.46 bits per heavy atom. The van der Waals surface area contributed by atoms with Gasteiger partial charge in [0.05, 0.1) is 41.0 Å². The van der Waals surface area contributed by atoms with Crippen molar-refractivity contribution in [1.82, 2.24) is 4.57 Å². The first kappa shape index (κ1) is 32.0. The summed E-state index contributed by atoms with van der Waals surface area (Å²) in [6.45, 7) is 1.87. The van der Waals surface area contributed by atoms with E-state index in [0.717, 1.165) is 0 Å². The largest absolute Gasteiger partial charge is 0.497 e. The second kappa shape index (κ2) is 13.8. The number of rotatable bonds is 10. The summed E-state index contributed by atoms with van der Waals surface area (Å²) in [4.78, 5) is 43.9. The van der Waals surface area contributed by atoms with Crippen LogP contribution < -0.4 is 34.4 Å². The van der Waals surface area contributed by atoms with Crippen LogP contribution in [0, 0.1) is 10.1 Å². The average molecular weight is 663 g/mol. The zero-order valence-corrected chi connectivity index (χ0v) is 27.0. The molecular weight excluding hydrogens is 632 g/mol. The van der Waals surface area contributed by atoms with Crippen molar-refractivity contribution in [1.29, 1.82) is 0 Å². The predicted octanol–water partition coefficient (Wildman–Crippen LogP) is 5.38. The molecule has 0 saturated heterocycles. The fourth-order valence-electron chi connectivity index (χ4n) is 5.43. The highest BCUT2D eigenvalue weighted by Gasteiger charge is 2.33. The SMILES string of the molecule is COc1cccc([C@H]2C(C(=O)Nc3ccccc3)=C(C)N=c3s/c(=C\c4cccc(OC)c4OCc4ccc([N+](=O)[O-])cc4)c(=O)n32)c1. The number of nitro groups is 1. The van der Waals surface area contributed by atoms with Gasteiger partial charge in [-0.15, -0.1) is 0 Å². The van der Waals surface area contributed by atoms with E-state index in [9.17, 15) is 19.7 Å². The number of benzene rings is 4. The maximum Gasteiger partial charge on any atom is 0.271 e. The van der Waals surface area contributed by atoms with Crippen LogP contribution >= 0.6 is 11.3 Å². The van der Waals surface area contributed by atoms with Gasteiger partial charge in [0.1, 0.15) is 12.4 Å². The van der Waals surface area contributed by atoms with E-state index in [-0.39, 0.29) is 23.8 Å². The molecule has 4 aromatic carbocycles. The lowest BCUT2D eigenvalue weighted by Crippen LogP contribution is -2.40. The number of non-ortho nitro benzene ring substituents is 1. The number of carbonyl (C=O) groups is 1. The van der Waals surface area contributed by atoms with Gasteiger partial charge >= 0.3 is 0 Å². The number of aromatic nitrogens is 1. The Balaban J connectivity index is 1.44. The molecule has 5 aromatic rings. The molecule has 1 N–H and O–H groups in total. The van der Waals surface area contributed by atoms with Crippen molar-refractivity contribution >= 4 is 34.7 Å². The number of nitro benzene ring substituents is 1. The van der Waals surface area contributed by atoms with Crippen LogP contribution in [-0.2, 0) is 11.4 Å². The molecule has 0 fully saturated rings. The van der Waals surface area contributed by atoms with Crippen LogP contribution in [0.15, 0.2) is 118 Å². The Bertz CT molecular complexity index is 2230. The van der Waals surface area contributed by atoms with E-state index in [1.54, 1.807) is 68.6 Å². The molecule has 0 unspecified atom stereocenters. The number of amides is 1. The molecule has 2 heterocycles. The van der Waals surface area contributed by atoms with Crippen LogP contribution in [-0.4, -0.2) is 29.6 Å². The maximum atomic E-state index is 14.3. The molecule has 1 aliphatic heterocycles. The fraction of sp³-hybridized carbons (Fsp3) is 0.139. The predicted molar refractivity (Wildman–Crippen MR) is 182 cm³/mol. The summed E-state index contributed by atoms with van der Waals surface area (Å²) in [6, 6.07) is 27.0. The third-order valence-corrected chi connectivity index (χ3v) is 8.74. The van der Waals surface area contributed by atoms with Crippen LogP contribution in [0.5, 0.6) is 17.2 Å². The number of methoxy groups -OCH3 is 2. The Morgan fingerprint density at radius 2 is 1.75 bits per heavy atom. The van der Waals surface area contributed by atoms with Gasteiger partial charge in [0.15, 0.2) is 16.3 Å². The zero-order chi connectivity index (χ0) is 33.8. The van der Waals surface area contributed by atoms with E-state index in [0.29, 0.717) is 60.2 Å². The number of nitrogens with one attached hydrogen (secondary N) is 1. The molecule has 6 rings (SSSR count). The second-order valence-corrected chi connectivity index (χ2v) is 11.8. The summed E-state index contributed by atoms with van der Waals surface area (Å²) in [6.07, 6.45) is 1.71. The van der Waals surface area contributed by atoms with Crippen molar-refractivity contribution in [2.75, 3.05) is 19.5 Å². The Morgan fingerprint density at radius 1 is 1.00 bits per heavy atom. The van der Waals surface area contributed by atoms with Gasteiger partial charge in [0.2, 0.25) is 0 Å².